The number of anilines is 1. The van der Waals surface area contributed by atoms with Crippen molar-refractivity contribution >= 4 is 12.2 Å². The number of halogens is 3. The molecule has 0 saturated carbocycles. The van der Waals surface area contributed by atoms with E-state index in [1.54, 1.807) is 0 Å². The van der Waals surface area contributed by atoms with Gasteiger partial charge in [0, 0.05) is 11.4 Å². The second-order valence-electron chi connectivity index (χ2n) is 5.19. The fourth-order valence-electron chi connectivity index (χ4n) is 1.80. The third kappa shape index (κ3) is 4.94. The van der Waals surface area contributed by atoms with Crippen molar-refractivity contribution in [3.05, 3.63) is 47.3 Å². The molecule has 0 radical (unpaired) electrons. The van der Waals surface area contributed by atoms with Gasteiger partial charge in [0.2, 0.25) is 12.1 Å². The topological polar surface area (TPSA) is 59.4 Å². The minimum atomic E-state index is -3.86. The highest BCUT2D eigenvalue weighted by molar-refractivity contribution is 5.80. The Hall–Kier alpha value is -2.64. The fraction of sp³-hybridized carbons (Fsp3) is 0.312. The van der Waals surface area contributed by atoms with E-state index in [0.29, 0.717) is 11.5 Å². The lowest BCUT2D eigenvalue weighted by atomic mass is 10.2. The van der Waals surface area contributed by atoms with Gasteiger partial charge in [0.25, 0.3) is 0 Å². The van der Waals surface area contributed by atoms with Crippen molar-refractivity contribution in [3.8, 4) is 5.75 Å². The molecule has 128 valence electrons. The number of alkyl halides is 3. The summed E-state index contributed by atoms with van der Waals surface area (Å²) in [5.41, 5.74) is 4.94. The van der Waals surface area contributed by atoms with Crippen LogP contribution in [-0.2, 0) is 0 Å². The fourth-order valence-corrected chi connectivity index (χ4v) is 1.80. The van der Waals surface area contributed by atoms with Gasteiger partial charge in [0.15, 0.2) is 0 Å². The van der Waals surface area contributed by atoms with Crippen molar-refractivity contribution in [1.29, 1.82) is 0 Å². The van der Waals surface area contributed by atoms with Gasteiger partial charge in [0.1, 0.15) is 5.75 Å². The Labute approximate surface area is 137 Å². The summed E-state index contributed by atoms with van der Waals surface area (Å²) >= 11 is 0. The normalized spacial score (nSPS) is 13.1. The van der Waals surface area contributed by atoms with Gasteiger partial charge in [-0.05, 0) is 56.7 Å². The lowest BCUT2D eigenvalue weighted by molar-refractivity contribution is -0.215. The molecule has 0 spiro atoms. The lowest BCUT2D eigenvalue weighted by Crippen LogP contribution is -2.34. The second kappa shape index (κ2) is 7.29. The van der Waals surface area contributed by atoms with E-state index in [1.807, 2.05) is 19.9 Å². The van der Waals surface area contributed by atoms with E-state index in [4.69, 9.17) is 0 Å². The smallest absolute Gasteiger partial charge is 0.429 e. The summed E-state index contributed by atoms with van der Waals surface area (Å²) in [7, 11) is 0. The van der Waals surface area contributed by atoms with E-state index in [0.717, 1.165) is 18.3 Å². The minimum absolute atomic E-state index is 0.132. The molecular weight excluding hydrogens is 321 g/mol. The van der Waals surface area contributed by atoms with E-state index < -0.39 is 12.3 Å². The Bertz CT molecular complexity index is 698. The monoisotopic (exact) mass is 338 g/mol. The molecule has 1 aromatic heterocycles. The Morgan fingerprint density at radius 1 is 1.17 bits per heavy atom. The minimum Gasteiger partial charge on any atom is -0.430 e. The summed E-state index contributed by atoms with van der Waals surface area (Å²) in [5.74, 6) is 0.229. The maximum absolute atomic E-state index is 13.1. The lowest BCUT2D eigenvalue weighted by Gasteiger charge is -2.18. The van der Waals surface area contributed by atoms with Crippen molar-refractivity contribution in [2.45, 2.75) is 33.1 Å². The SMILES string of the molecule is Cc1cc(C)nc(NN=Cc2ccc(OC(F)(F)C(C)F)cc2)n1. The van der Waals surface area contributed by atoms with Crippen LogP contribution < -0.4 is 10.2 Å². The first-order chi connectivity index (χ1) is 11.3. The average Bonchev–Trinajstić information content (AvgIpc) is 2.47. The molecule has 0 amide bonds. The Morgan fingerprint density at radius 3 is 2.29 bits per heavy atom. The van der Waals surface area contributed by atoms with Gasteiger partial charge in [-0.25, -0.2) is 19.8 Å². The molecule has 0 aliphatic carbocycles. The zero-order valence-corrected chi connectivity index (χ0v) is 13.4. The van der Waals surface area contributed by atoms with E-state index in [1.165, 1.54) is 30.5 Å². The van der Waals surface area contributed by atoms with Crippen molar-refractivity contribution < 1.29 is 17.9 Å². The molecule has 8 heteroatoms. The van der Waals surface area contributed by atoms with Crippen LogP contribution in [0.15, 0.2) is 35.4 Å². The summed E-state index contributed by atoms with van der Waals surface area (Å²) < 4.78 is 43.3. The van der Waals surface area contributed by atoms with Crippen LogP contribution in [0.4, 0.5) is 19.1 Å². The zero-order valence-electron chi connectivity index (χ0n) is 13.4. The molecule has 0 fully saturated rings. The number of hydrogen-bond donors (Lipinski definition) is 1. The van der Waals surface area contributed by atoms with Crippen molar-refractivity contribution in [2.24, 2.45) is 5.10 Å². The van der Waals surface area contributed by atoms with Crippen LogP contribution in [-0.4, -0.2) is 28.5 Å². The highest BCUT2D eigenvalue weighted by atomic mass is 19.3. The largest absolute Gasteiger partial charge is 0.430 e. The number of aryl methyl sites for hydroxylation is 2. The molecule has 0 aliphatic rings. The van der Waals surface area contributed by atoms with E-state index in [9.17, 15) is 13.2 Å². The molecule has 24 heavy (non-hydrogen) atoms. The number of aromatic nitrogens is 2. The van der Waals surface area contributed by atoms with Gasteiger partial charge >= 0.3 is 6.11 Å². The van der Waals surface area contributed by atoms with Crippen molar-refractivity contribution in [3.63, 3.8) is 0 Å². The number of rotatable bonds is 6. The first-order valence-corrected chi connectivity index (χ1v) is 7.18. The molecule has 2 aromatic rings. The summed E-state index contributed by atoms with van der Waals surface area (Å²) in [5, 5.41) is 3.98. The molecule has 1 N–H and O–H groups in total. The second-order valence-corrected chi connectivity index (χ2v) is 5.19. The predicted molar refractivity (Wildman–Crippen MR) is 85.3 cm³/mol. The van der Waals surface area contributed by atoms with Crippen molar-refractivity contribution in [1.82, 2.24) is 9.97 Å². The number of hydrazone groups is 1. The number of ether oxygens (including phenoxy) is 1. The summed E-state index contributed by atoms with van der Waals surface area (Å²) in [4.78, 5) is 8.32. The summed E-state index contributed by atoms with van der Waals surface area (Å²) in [6.07, 6.45) is -4.79. The molecule has 1 aromatic carbocycles. The molecule has 0 saturated heterocycles. The van der Waals surface area contributed by atoms with Crippen LogP contribution in [0.2, 0.25) is 0 Å². The van der Waals surface area contributed by atoms with Gasteiger partial charge in [-0.1, -0.05) is 0 Å². The maximum Gasteiger partial charge on any atom is 0.429 e. The molecule has 1 unspecified atom stereocenters. The maximum atomic E-state index is 13.1. The molecule has 0 aliphatic heterocycles. The third-order valence-electron chi connectivity index (χ3n) is 2.96. The average molecular weight is 338 g/mol. The van der Waals surface area contributed by atoms with E-state index in [-0.39, 0.29) is 5.75 Å². The Balaban J connectivity index is 1.98. The molecule has 2 rings (SSSR count). The van der Waals surface area contributed by atoms with Gasteiger partial charge in [-0.3, -0.25) is 0 Å². The number of hydrogen-bond acceptors (Lipinski definition) is 5. The van der Waals surface area contributed by atoms with Gasteiger partial charge < -0.3 is 4.74 Å². The standard InChI is InChI=1S/C16H17F3N4O/c1-10-8-11(2)22-15(21-10)23-20-9-13-4-6-14(7-5-13)24-16(18,19)12(3)17/h4-9,12H,1-3H3,(H,21,22,23). The van der Waals surface area contributed by atoms with E-state index in [2.05, 4.69) is 25.2 Å². The number of benzene rings is 1. The van der Waals surface area contributed by atoms with Gasteiger partial charge in [0.05, 0.1) is 6.21 Å². The van der Waals surface area contributed by atoms with Crippen LogP contribution >= 0.6 is 0 Å². The van der Waals surface area contributed by atoms with Gasteiger partial charge in [-0.2, -0.15) is 13.9 Å². The highest BCUT2D eigenvalue weighted by Crippen LogP contribution is 2.26. The predicted octanol–water partition coefficient (Wildman–Crippen LogP) is 3.87. The van der Waals surface area contributed by atoms with Crippen LogP contribution in [0.25, 0.3) is 0 Å². The van der Waals surface area contributed by atoms with Crippen molar-refractivity contribution in [2.75, 3.05) is 5.43 Å². The van der Waals surface area contributed by atoms with Crippen LogP contribution in [0.5, 0.6) is 5.75 Å². The number of nitrogens with zero attached hydrogens (tertiary/aromatic N) is 3. The zero-order chi connectivity index (χ0) is 17.7. The summed E-state index contributed by atoms with van der Waals surface area (Å²) in [6, 6.07) is 7.49. The molecule has 1 atom stereocenters. The Morgan fingerprint density at radius 2 is 1.75 bits per heavy atom. The first-order valence-electron chi connectivity index (χ1n) is 7.18. The summed E-state index contributed by atoms with van der Waals surface area (Å²) in [6.45, 7) is 4.43. The molecule has 0 bridgehead atoms. The quantitative estimate of drug-likeness (QED) is 0.642. The molecule has 1 heterocycles. The van der Waals surface area contributed by atoms with Crippen LogP contribution in [0.3, 0.4) is 0 Å². The highest BCUT2D eigenvalue weighted by Gasteiger charge is 2.39. The molecular formula is C16H17F3N4O. The number of nitrogens with one attached hydrogen (secondary N) is 1. The van der Waals surface area contributed by atoms with Crippen LogP contribution in [0, 0.1) is 13.8 Å². The van der Waals surface area contributed by atoms with E-state index >= 15 is 0 Å². The van der Waals surface area contributed by atoms with Gasteiger partial charge in [-0.15, -0.1) is 0 Å². The molecule has 5 nitrogen and oxygen atoms in total. The third-order valence-corrected chi connectivity index (χ3v) is 2.96. The van der Waals surface area contributed by atoms with Crippen LogP contribution in [0.1, 0.15) is 23.9 Å². The first kappa shape index (κ1) is 17.7. The Kier molecular flexibility index (Phi) is 5.38.